The molecule has 0 saturated heterocycles. The van der Waals surface area contributed by atoms with Crippen molar-refractivity contribution < 1.29 is 32.9 Å². The zero-order valence-corrected chi connectivity index (χ0v) is 20.3. The van der Waals surface area contributed by atoms with E-state index in [2.05, 4.69) is 0 Å². The van der Waals surface area contributed by atoms with Crippen LogP contribution in [-0.2, 0) is 17.6 Å². The minimum atomic E-state index is -0.835. The fourth-order valence-corrected chi connectivity index (χ4v) is 3.62. The lowest BCUT2D eigenvalue weighted by molar-refractivity contribution is -0.136. The van der Waals surface area contributed by atoms with Crippen LogP contribution in [0.4, 0.5) is 8.78 Å². The Balaban J connectivity index is 1.59. The first-order valence-electron chi connectivity index (χ1n) is 11.3. The summed E-state index contributed by atoms with van der Waals surface area (Å²) in [6.45, 7) is 4.27. The Bertz CT molecular complexity index is 1170. The van der Waals surface area contributed by atoms with Crippen LogP contribution in [0.2, 0.25) is 5.02 Å². The van der Waals surface area contributed by atoms with Gasteiger partial charge in [-0.1, -0.05) is 24.6 Å². The van der Waals surface area contributed by atoms with Crippen molar-refractivity contribution >= 4 is 17.6 Å². The number of carboxylic acid groups (broad SMARTS) is 1. The highest BCUT2D eigenvalue weighted by molar-refractivity contribution is 6.30. The number of hydrogen-bond donors (Lipinski definition) is 1. The van der Waals surface area contributed by atoms with Crippen molar-refractivity contribution in [1.82, 2.24) is 0 Å². The molecule has 0 bridgehead atoms. The molecule has 0 saturated carbocycles. The average Bonchev–Trinajstić information content (AvgIpc) is 2.81. The minimum Gasteiger partial charge on any atom is -0.493 e. The second-order valence-corrected chi connectivity index (χ2v) is 8.45. The maximum Gasteiger partial charge on any atom is 0.303 e. The Morgan fingerprint density at radius 2 is 1.77 bits per heavy atom. The SMILES string of the molecule is CCc1cc(OCC[C@@H](C)Oc2ccc(Cl)cc2Oc2ccc(F)cc2F)ccc1CCC(=O)O. The number of carboxylic acids is 1. The van der Waals surface area contributed by atoms with Crippen molar-refractivity contribution in [3.05, 3.63) is 82.4 Å². The molecular weight excluding hydrogens is 478 g/mol. The Hall–Kier alpha value is -3.32. The van der Waals surface area contributed by atoms with Gasteiger partial charge >= 0.3 is 5.97 Å². The monoisotopic (exact) mass is 504 g/mol. The van der Waals surface area contributed by atoms with E-state index in [0.717, 1.165) is 29.7 Å². The van der Waals surface area contributed by atoms with Crippen LogP contribution in [0.25, 0.3) is 0 Å². The molecule has 0 fully saturated rings. The second-order valence-electron chi connectivity index (χ2n) is 8.01. The van der Waals surface area contributed by atoms with E-state index in [-0.39, 0.29) is 24.0 Å². The smallest absolute Gasteiger partial charge is 0.303 e. The Morgan fingerprint density at radius 3 is 2.49 bits per heavy atom. The average molecular weight is 505 g/mol. The van der Waals surface area contributed by atoms with E-state index in [1.165, 1.54) is 12.1 Å². The van der Waals surface area contributed by atoms with Crippen LogP contribution < -0.4 is 14.2 Å². The second kappa shape index (κ2) is 12.4. The maximum atomic E-state index is 14.0. The third kappa shape index (κ3) is 7.86. The fraction of sp³-hybridized carbons (Fsp3) is 0.296. The molecule has 1 N–H and O–H groups in total. The van der Waals surface area contributed by atoms with Crippen molar-refractivity contribution in [3.63, 3.8) is 0 Å². The number of hydrogen-bond acceptors (Lipinski definition) is 4. The minimum absolute atomic E-state index is 0.0895. The van der Waals surface area contributed by atoms with Crippen molar-refractivity contribution in [3.8, 4) is 23.0 Å². The fourth-order valence-electron chi connectivity index (χ4n) is 3.46. The molecule has 3 aromatic carbocycles. The van der Waals surface area contributed by atoms with E-state index in [4.69, 9.17) is 30.9 Å². The summed E-state index contributed by atoms with van der Waals surface area (Å²) in [6.07, 6.45) is 1.63. The van der Waals surface area contributed by atoms with Gasteiger partial charge in [-0.2, -0.15) is 0 Å². The van der Waals surface area contributed by atoms with Crippen LogP contribution >= 0.6 is 11.6 Å². The summed E-state index contributed by atoms with van der Waals surface area (Å²) in [4.78, 5) is 10.9. The summed E-state index contributed by atoms with van der Waals surface area (Å²) in [5.41, 5.74) is 2.07. The van der Waals surface area contributed by atoms with Gasteiger partial charge in [-0.05, 0) is 67.3 Å². The summed E-state index contributed by atoms with van der Waals surface area (Å²) in [6, 6.07) is 13.5. The molecule has 0 aromatic heterocycles. The summed E-state index contributed by atoms with van der Waals surface area (Å²) >= 11 is 6.07. The summed E-state index contributed by atoms with van der Waals surface area (Å²) in [5.74, 6) is -1.23. The van der Waals surface area contributed by atoms with Gasteiger partial charge in [0.2, 0.25) is 0 Å². The van der Waals surface area contributed by atoms with Crippen LogP contribution in [0.1, 0.15) is 37.8 Å². The lowest BCUT2D eigenvalue weighted by Gasteiger charge is -2.18. The maximum absolute atomic E-state index is 14.0. The quantitative estimate of drug-likeness (QED) is 0.282. The number of aryl methyl sites for hydroxylation is 2. The van der Waals surface area contributed by atoms with Gasteiger partial charge in [0.05, 0.1) is 12.7 Å². The van der Waals surface area contributed by atoms with E-state index in [1.54, 1.807) is 12.1 Å². The molecule has 3 rings (SSSR count). The molecule has 3 aromatic rings. The first-order chi connectivity index (χ1) is 16.7. The van der Waals surface area contributed by atoms with Crippen LogP contribution in [-0.4, -0.2) is 23.8 Å². The van der Waals surface area contributed by atoms with Gasteiger partial charge in [-0.25, -0.2) is 8.78 Å². The van der Waals surface area contributed by atoms with Crippen LogP contribution in [0.15, 0.2) is 54.6 Å². The predicted molar refractivity (Wildman–Crippen MR) is 130 cm³/mol. The molecule has 0 amide bonds. The summed E-state index contributed by atoms with van der Waals surface area (Å²) in [7, 11) is 0. The van der Waals surface area contributed by atoms with Crippen LogP contribution in [0.3, 0.4) is 0 Å². The standard InChI is InChI=1S/C27H27ClF2O5/c1-3-18-14-22(8-4-19(18)5-11-27(31)32)33-13-12-17(2)34-25-9-6-20(28)15-26(25)35-24-10-7-21(29)16-23(24)30/h4,6-10,14-17H,3,5,11-13H2,1-2H3,(H,31,32)/t17-/m1/s1. The molecule has 0 spiro atoms. The number of ether oxygens (including phenoxy) is 3. The number of halogens is 3. The highest BCUT2D eigenvalue weighted by Gasteiger charge is 2.14. The van der Waals surface area contributed by atoms with Crippen molar-refractivity contribution in [2.24, 2.45) is 0 Å². The van der Waals surface area contributed by atoms with Gasteiger partial charge < -0.3 is 19.3 Å². The molecule has 186 valence electrons. The van der Waals surface area contributed by atoms with Crippen LogP contribution in [0.5, 0.6) is 23.0 Å². The predicted octanol–water partition coefficient (Wildman–Crippen LogP) is 7.23. The molecule has 0 heterocycles. The molecular formula is C27H27ClF2O5. The van der Waals surface area contributed by atoms with Crippen molar-refractivity contribution in [2.75, 3.05) is 6.61 Å². The number of rotatable bonds is 12. The highest BCUT2D eigenvalue weighted by atomic mass is 35.5. The number of aliphatic carboxylic acids is 1. The van der Waals surface area contributed by atoms with E-state index >= 15 is 0 Å². The van der Waals surface area contributed by atoms with E-state index in [1.807, 2.05) is 32.0 Å². The topological polar surface area (TPSA) is 65.0 Å². The van der Waals surface area contributed by atoms with Gasteiger partial charge in [-0.3, -0.25) is 4.79 Å². The normalized spacial score (nSPS) is 11.7. The highest BCUT2D eigenvalue weighted by Crippen LogP contribution is 2.36. The summed E-state index contributed by atoms with van der Waals surface area (Å²) in [5, 5.41) is 9.29. The lowest BCUT2D eigenvalue weighted by atomic mass is 10.0. The Kier molecular flexibility index (Phi) is 9.32. The molecule has 8 heteroatoms. The van der Waals surface area contributed by atoms with Crippen molar-refractivity contribution in [2.45, 2.75) is 45.6 Å². The van der Waals surface area contributed by atoms with Gasteiger partial charge in [0.15, 0.2) is 23.1 Å². The number of benzene rings is 3. The van der Waals surface area contributed by atoms with E-state index in [0.29, 0.717) is 36.0 Å². The third-order valence-electron chi connectivity index (χ3n) is 5.31. The van der Waals surface area contributed by atoms with E-state index in [9.17, 15) is 13.6 Å². The molecule has 0 radical (unpaired) electrons. The van der Waals surface area contributed by atoms with Crippen molar-refractivity contribution in [1.29, 1.82) is 0 Å². The molecule has 0 aliphatic heterocycles. The van der Waals surface area contributed by atoms with Gasteiger partial charge in [0.25, 0.3) is 0 Å². The zero-order valence-electron chi connectivity index (χ0n) is 19.5. The first-order valence-corrected chi connectivity index (χ1v) is 11.7. The zero-order chi connectivity index (χ0) is 25.4. The lowest BCUT2D eigenvalue weighted by Crippen LogP contribution is -2.16. The number of carbonyl (C=O) groups is 1. The van der Waals surface area contributed by atoms with E-state index < -0.39 is 17.6 Å². The Labute approximate surface area is 208 Å². The molecule has 0 unspecified atom stereocenters. The molecule has 1 atom stereocenters. The molecule has 0 aliphatic rings. The van der Waals surface area contributed by atoms with Crippen LogP contribution in [0, 0.1) is 11.6 Å². The third-order valence-corrected chi connectivity index (χ3v) is 5.54. The Morgan fingerprint density at radius 1 is 1.00 bits per heavy atom. The molecule has 5 nitrogen and oxygen atoms in total. The van der Waals surface area contributed by atoms with Gasteiger partial charge in [0.1, 0.15) is 11.6 Å². The molecule has 0 aliphatic carbocycles. The summed E-state index contributed by atoms with van der Waals surface area (Å²) < 4.78 is 44.7. The van der Waals surface area contributed by atoms with Gasteiger partial charge in [0, 0.05) is 30.0 Å². The first kappa shape index (κ1) is 26.3. The largest absolute Gasteiger partial charge is 0.493 e. The van der Waals surface area contributed by atoms with Gasteiger partial charge in [-0.15, -0.1) is 0 Å². The molecule has 35 heavy (non-hydrogen) atoms.